The summed E-state index contributed by atoms with van der Waals surface area (Å²) in [5.41, 5.74) is 1.54. The molecule has 0 saturated heterocycles. The molecule has 4 aromatic rings. The van der Waals surface area contributed by atoms with Crippen molar-refractivity contribution in [3.05, 3.63) is 81.8 Å². The minimum absolute atomic E-state index is 0.150. The van der Waals surface area contributed by atoms with Crippen molar-refractivity contribution in [3.63, 3.8) is 0 Å². The standard InChI is InChI=1S/C22H19N5O3S/c28-19(7-3-6-18-25-17-5-2-1-4-16(17)21(30)26-18)24-15-10-8-14(9-11-15)20(29)27-22-23-12-13-31-22/h1-2,4-5,8-13H,3,6-7H2,(H,24,28)(H,23,27,29)(H,25,26,30). The van der Waals surface area contributed by atoms with Gasteiger partial charge in [0.25, 0.3) is 11.5 Å². The molecule has 0 fully saturated rings. The van der Waals surface area contributed by atoms with Crippen LogP contribution in [0, 0.1) is 0 Å². The van der Waals surface area contributed by atoms with Crippen LogP contribution in [0.1, 0.15) is 29.0 Å². The van der Waals surface area contributed by atoms with Crippen LogP contribution in [0.3, 0.4) is 0 Å². The highest BCUT2D eigenvalue weighted by atomic mass is 32.1. The molecule has 2 amide bonds. The second kappa shape index (κ2) is 9.31. The number of rotatable bonds is 7. The molecule has 3 N–H and O–H groups in total. The maximum absolute atomic E-state index is 12.2. The number of hydrogen-bond donors (Lipinski definition) is 3. The number of aromatic amines is 1. The number of amides is 2. The third-order valence-electron chi connectivity index (χ3n) is 4.56. The molecule has 0 atom stereocenters. The molecule has 0 aliphatic carbocycles. The summed E-state index contributed by atoms with van der Waals surface area (Å²) >= 11 is 1.34. The molecule has 0 saturated carbocycles. The van der Waals surface area contributed by atoms with E-state index in [1.54, 1.807) is 54.0 Å². The Morgan fingerprint density at radius 1 is 1.03 bits per heavy atom. The maximum atomic E-state index is 12.2. The zero-order valence-electron chi connectivity index (χ0n) is 16.4. The second-order valence-electron chi connectivity index (χ2n) is 6.80. The van der Waals surface area contributed by atoms with Crippen LogP contribution in [-0.2, 0) is 11.2 Å². The van der Waals surface area contributed by atoms with Crippen molar-refractivity contribution in [1.82, 2.24) is 15.0 Å². The average Bonchev–Trinajstić information content (AvgIpc) is 3.27. The summed E-state index contributed by atoms with van der Waals surface area (Å²) in [5, 5.41) is 8.38. The third-order valence-corrected chi connectivity index (χ3v) is 5.25. The molecule has 4 rings (SSSR count). The zero-order chi connectivity index (χ0) is 21.6. The molecule has 0 aliphatic rings. The number of aryl methyl sites for hydroxylation is 1. The van der Waals surface area contributed by atoms with E-state index in [9.17, 15) is 14.4 Å². The van der Waals surface area contributed by atoms with Gasteiger partial charge in [0, 0.05) is 35.7 Å². The van der Waals surface area contributed by atoms with Gasteiger partial charge in [-0.05, 0) is 42.8 Å². The van der Waals surface area contributed by atoms with Crippen LogP contribution in [0.5, 0.6) is 0 Å². The van der Waals surface area contributed by atoms with Gasteiger partial charge in [-0.2, -0.15) is 0 Å². The van der Waals surface area contributed by atoms with Crippen LogP contribution in [0.2, 0.25) is 0 Å². The number of carbonyl (C=O) groups is 2. The molecular weight excluding hydrogens is 414 g/mol. The van der Waals surface area contributed by atoms with Gasteiger partial charge in [0.05, 0.1) is 10.9 Å². The van der Waals surface area contributed by atoms with Crippen molar-refractivity contribution in [3.8, 4) is 0 Å². The predicted molar refractivity (Wildman–Crippen MR) is 120 cm³/mol. The van der Waals surface area contributed by atoms with Crippen molar-refractivity contribution in [1.29, 1.82) is 0 Å². The lowest BCUT2D eigenvalue weighted by Gasteiger charge is -2.07. The second-order valence-corrected chi connectivity index (χ2v) is 7.69. The van der Waals surface area contributed by atoms with Crippen LogP contribution in [0.15, 0.2) is 64.9 Å². The van der Waals surface area contributed by atoms with Gasteiger partial charge < -0.3 is 10.3 Å². The quantitative estimate of drug-likeness (QED) is 0.412. The van der Waals surface area contributed by atoms with Crippen LogP contribution in [0.25, 0.3) is 10.9 Å². The minimum atomic E-state index is -0.260. The van der Waals surface area contributed by atoms with E-state index in [-0.39, 0.29) is 23.8 Å². The number of nitrogens with zero attached hydrogens (tertiary/aromatic N) is 2. The van der Waals surface area contributed by atoms with Crippen molar-refractivity contribution >= 4 is 44.9 Å². The van der Waals surface area contributed by atoms with Gasteiger partial charge in [-0.15, -0.1) is 11.3 Å². The van der Waals surface area contributed by atoms with E-state index in [0.717, 1.165) is 0 Å². The van der Waals surface area contributed by atoms with Gasteiger partial charge in [0.1, 0.15) is 5.82 Å². The molecule has 0 spiro atoms. The number of carbonyl (C=O) groups excluding carboxylic acids is 2. The lowest BCUT2D eigenvalue weighted by atomic mass is 10.1. The van der Waals surface area contributed by atoms with Gasteiger partial charge >= 0.3 is 0 Å². The normalized spacial score (nSPS) is 10.7. The van der Waals surface area contributed by atoms with E-state index in [1.165, 1.54) is 11.3 Å². The third kappa shape index (κ3) is 5.20. The van der Waals surface area contributed by atoms with Crippen molar-refractivity contribution in [2.75, 3.05) is 10.6 Å². The van der Waals surface area contributed by atoms with E-state index in [2.05, 4.69) is 25.6 Å². The van der Waals surface area contributed by atoms with Crippen LogP contribution < -0.4 is 16.2 Å². The molecule has 156 valence electrons. The first-order valence-electron chi connectivity index (χ1n) is 9.67. The lowest BCUT2D eigenvalue weighted by molar-refractivity contribution is -0.116. The summed E-state index contributed by atoms with van der Waals surface area (Å²) in [7, 11) is 0. The van der Waals surface area contributed by atoms with Gasteiger partial charge in [-0.1, -0.05) is 12.1 Å². The zero-order valence-corrected chi connectivity index (χ0v) is 17.2. The summed E-state index contributed by atoms with van der Waals surface area (Å²) in [6.07, 6.45) is 2.93. The maximum Gasteiger partial charge on any atom is 0.258 e. The fraction of sp³-hybridized carbons (Fsp3) is 0.136. The Balaban J connectivity index is 1.28. The Hall–Kier alpha value is -3.85. The molecule has 2 aromatic heterocycles. The number of aromatic nitrogens is 3. The topological polar surface area (TPSA) is 117 Å². The fourth-order valence-electron chi connectivity index (χ4n) is 3.05. The number of fused-ring (bicyclic) bond motifs is 1. The van der Waals surface area contributed by atoms with Crippen LogP contribution >= 0.6 is 11.3 Å². The Kier molecular flexibility index (Phi) is 6.13. The fourth-order valence-corrected chi connectivity index (χ4v) is 3.58. The highest BCUT2D eigenvalue weighted by Crippen LogP contribution is 2.15. The average molecular weight is 433 g/mol. The van der Waals surface area contributed by atoms with E-state index in [1.807, 2.05) is 6.07 Å². The van der Waals surface area contributed by atoms with Crippen LogP contribution in [-0.4, -0.2) is 26.8 Å². The highest BCUT2D eigenvalue weighted by Gasteiger charge is 2.09. The predicted octanol–water partition coefficient (Wildman–Crippen LogP) is 3.59. The number of para-hydroxylation sites is 1. The molecule has 2 heterocycles. The smallest absolute Gasteiger partial charge is 0.258 e. The van der Waals surface area contributed by atoms with E-state index in [4.69, 9.17) is 0 Å². The minimum Gasteiger partial charge on any atom is -0.326 e. The molecule has 2 aromatic carbocycles. The molecular formula is C22H19N5O3S. The van der Waals surface area contributed by atoms with Gasteiger partial charge in [0.2, 0.25) is 5.91 Å². The molecule has 8 nitrogen and oxygen atoms in total. The monoisotopic (exact) mass is 433 g/mol. The van der Waals surface area contributed by atoms with Crippen molar-refractivity contribution in [2.24, 2.45) is 0 Å². The molecule has 0 aliphatic heterocycles. The largest absolute Gasteiger partial charge is 0.326 e. The van der Waals surface area contributed by atoms with E-state index < -0.39 is 0 Å². The van der Waals surface area contributed by atoms with Gasteiger partial charge in [-0.3, -0.25) is 19.7 Å². The van der Waals surface area contributed by atoms with Crippen molar-refractivity contribution in [2.45, 2.75) is 19.3 Å². The number of nitrogens with one attached hydrogen (secondary N) is 3. The number of thiazole rings is 1. The summed E-state index contributed by atoms with van der Waals surface area (Å²) < 4.78 is 0. The molecule has 0 unspecified atom stereocenters. The Morgan fingerprint density at radius 2 is 1.84 bits per heavy atom. The number of anilines is 2. The number of hydrogen-bond acceptors (Lipinski definition) is 6. The number of H-pyrrole nitrogens is 1. The van der Waals surface area contributed by atoms with Crippen molar-refractivity contribution < 1.29 is 9.59 Å². The molecule has 31 heavy (non-hydrogen) atoms. The van der Waals surface area contributed by atoms with Gasteiger partial charge in [-0.25, -0.2) is 9.97 Å². The Morgan fingerprint density at radius 3 is 2.61 bits per heavy atom. The molecule has 0 bridgehead atoms. The lowest BCUT2D eigenvalue weighted by Crippen LogP contribution is -2.15. The summed E-state index contributed by atoms with van der Waals surface area (Å²) in [6, 6.07) is 13.8. The van der Waals surface area contributed by atoms with Crippen LogP contribution in [0.4, 0.5) is 10.8 Å². The summed E-state index contributed by atoms with van der Waals surface area (Å²) in [5.74, 6) is 0.153. The SMILES string of the molecule is O=C(CCCc1nc2ccccc2c(=O)[nH]1)Nc1ccc(C(=O)Nc2nccs2)cc1. The first-order valence-corrected chi connectivity index (χ1v) is 10.6. The van der Waals surface area contributed by atoms with Gasteiger partial charge in [0.15, 0.2) is 5.13 Å². The Bertz CT molecular complexity index is 1270. The first kappa shape index (κ1) is 20.4. The van der Waals surface area contributed by atoms with E-state index in [0.29, 0.717) is 46.0 Å². The highest BCUT2D eigenvalue weighted by molar-refractivity contribution is 7.13. The molecule has 9 heteroatoms. The Labute approximate surface area is 181 Å². The number of benzene rings is 2. The van der Waals surface area contributed by atoms with E-state index >= 15 is 0 Å². The first-order chi connectivity index (χ1) is 15.1. The summed E-state index contributed by atoms with van der Waals surface area (Å²) in [4.78, 5) is 47.7. The molecule has 0 radical (unpaired) electrons. The summed E-state index contributed by atoms with van der Waals surface area (Å²) in [6.45, 7) is 0.